The topological polar surface area (TPSA) is 82.9 Å². The molecule has 1 N–H and O–H groups in total. The number of hydrogen-bond donors (Lipinski definition) is 1. The van der Waals surface area contributed by atoms with Crippen molar-refractivity contribution < 1.29 is 22.8 Å². The van der Waals surface area contributed by atoms with E-state index in [4.69, 9.17) is 0 Å². The number of hydrogen-bond acceptors (Lipinski definition) is 5. The minimum atomic E-state index is -4.70. The second kappa shape index (κ2) is 11.6. The van der Waals surface area contributed by atoms with Gasteiger partial charge in [0, 0.05) is 16.8 Å². The maximum Gasteiger partial charge on any atom is 0.418 e. The van der Waals surface area contributed by atoms with Crippen molar-refractivity contribution in [3.63, 3.8) is 0 Å². The van der Waals surface area contributed by atoms with Crippen LogP contribution in [0.15, 0.2) is 59.6 Å². The molecule has 0 fully saturated rings. The maximum atomic E-state index is 14.1. The van der Waals surface area contributed by atoms with Gasteiger partial charge in [0.05, 0.1) is 22.6 Å². The molecular weight excluding hydrogens is 499 g/mol. The summed E-state index contributed by atoms with van der Waals surface area (Å²) in [6, 6.07) is 16.8. The summed E-state index contributed by atoms with van der Waals surface area (Å²) in [5.74, 6) is -1.07. The third-order valence-corrected chi connectivity index (χ3v) is 7.13. The van der Waals surface area contributed by atoms with Crippen molar-refractivity contribution in [3.8, 4) is 6.07 Å². The maximum absolute atomic E-state index is 14.1. The molecule has 1 heterocycles. The zero-order chi connectivity index (χ0) is 26.4. The van der Waals surface area contributed by atoms with E-state index in [0.29, 0.717) is 35.3 Å². The zero-order valence-electron chi connectivity index (χ0n) is 19.9. The van der Waals surface area contributed by atoms with Crippen LogP contribution in [0, 0.1) is 11.3 Å². The van der Waals surface area contributed by atoms with Gasteiger partial charge in [-0.15, -0.1) is 0 Å². The van der Waals surface area contributed by atoms with Crippen LogP contribution in [0.4, 0.5) is 18.9 Å². The average Bonchev–Trinajstić information content (AvgIpc) is 2.87. The summed E-state index contributed by atoms with van der Waals surface area (Å²) >= 11 is 0.794. The Balaban J connectivity index is 1.58. The highest BCUT2D eigenvalue weighted by Crippen LogP contribution is 2.40. The Morgan fingerprint density at radius 3 is 2.35 bits per heavy atom. The molecule has 0 spiro atoms. The molecule has 9 heteroatoms. The highest BCUT2D eigenvalue weighted by atomic mass is 32.2. The van der Waals surface area contributed by atoms with E-state index in [1.807, 2.05) is 0 Å². The van der Waals surface area contributed by atoms with E-state index in [1.165, 1.54) is 0 Å². The summed E-state index contributed by atoms with van der Waals surface area (Å²) in [4.78, 5) is 30.1. The Kier molecular flexibility index (Phi) is 8.29. The smallest absolute Gasteiger partial charge is 0.325 e. The molecule has 0 saturated carbocycles. The van der Waals surface area contributed by atoms with Gasteiger partial charge < -0.3 is 5.32 Å². The summed E-state index contributed by atoms with van der Waals surface area (Å²) in [5, 5.41) is 12.2. The van der Waals surface area contributed by atoms with Crippen molar-refractivity contribution in [1.82, 2.24) is 4.98 Å². The molecule has 0 unspecified atom stereocenters. The number of alkyl halides is 3. The first kappa shape index (κ1) is 26.4. The SMILES string of the molecule is N#Cc1c(SCC(=O)Nc2ccccc2C(=O)c2ccccc2)nc2c(c1C(F)(F)F)CCCCCC2. The molecule has 1 aliphatic rings. The molecule has 37 heavy (non-hydrogen) atoms. The van der Waals surface area contributed by atoms with Crippen molar-refractivity contribution in [1.29, 1.82) is 5.26 Å². The van der Waals surface area contributed by atoms with E-state index >= 15 is 0 Å². The lowest BCUT2D eigenvalue weighted by molar-refractivity contribution is -0.138. The van der Waals surface area contributed by atoms with Crippen LogP contribution in [0.3, 0.4) is 0 Å². The highest BCUT2D eigenvalue weighted by Gasteiger charge is 2.39. The number of benzene rings is 2. The Labute approximate surface area is 217 Å². The van der Waals surface area contributed by atoms with Gasteiger partial charge in [-0.3, -0.25) is 9.59 Å². The molecule has 1 aromatic heterocycles. The number of aryl methyl sites for hydroxylation is 1. The van der Waals surface area contributed by atoms with Crippen LogP contribution in [0.2, 0.25) is 0 Å². The fourth-order valence-corrected chi connectivity index (χ4v) is 5.26. The van der Waals surface area contributed by atoms with Crippen molar-refractivity contribution in [3.05, 3.63) is 88.1 Å². The lowest BCUT2D eigenvalue weighted by atomic mass is 9.91. The lowest BCUT2D eigenvalue weighted by Crippen LogP contribution is -2.19. The Hall–Kier alpha value is -3.64. The molecule has 0 atom stereocenters. The van der Waals surface area contributed by atoms with E-state index in [2.05, 4.69) is 10.3 Å². The Morgan fingerprint density at radius 2 is 1.65 bits per heavy atom. The molecule has 1 aliphatic carbocycles. The first-order valence-electron chi connectivity index (χ1n) is 11.9. The number of halogens is 3. The van der Waals surface area contributed by atoms with Crippen LogP contribution in [-0.2, 0) is 23.8 Å². The van der Waals surface area contributed by atoms with Crippen molar-refractivity contribution in [2.45, 2.75) is 49.7 Å². The van der Waals surface area contributed by atoms with E-state index < -0.39 is 23.2 Å². The van der Waals surface area contributed by atoms with Crippen LogP contribution in [0.5, 0.6) is 0 Å². The van der Waals surface area contributed by atoms with Crippen LogP contribution in [-0.4, -0.2) is 22.4 Å². The van der Waals surface area contributed by atoms with E-state index in [0.717, 1.165) is 31.0 Å². The van der Waals surface area contributed by atoms with Gasteiger partial charge in [0.15, 0.2) is 5.78 Å². The van der Waals surface area contributed by atoms with Crippen LogP contribution >= 0.6 is 11.8 Å². The average molecular weight is 524 g/mol. The summed E-state index contributed by atoms with van der Waals surface area (Å²) in [6.45, 7) is 0. The number of nitrogens with zero attached hydrogens (tertiary/aromatic N) is 2. The molecule has 190 valence electrons. The van der Waals surface area contributed by atoms with E-state index in [1.54, 1.807) is 60.7 Å². The highest BCUT2D eigenvalue weighted by molar-refractivity contribution is 8.00. The minimum Gasteiger partial charge on any atom is -0.325 e. The number of thioether (sulfide) groups is 1. The molecule has 0 radical (unpaired) electrons. The number of ketones is 1. The number of nitriles is 1. The van der Waals surface area contributed by atoms with Gasteiger partial charge in [-0.05, 0) is 43.4 Å². The van der Waals surface area contributed by atoms with Crippen molar-refractivity contribution >= 4 is 29.1 Å². The Bertz CT molecular complexity index is 1350. The number of pyridine rings is 1. The summed E-state index contributed by atoms with van der Waals surface area (Å²) in [7, 11) is 0. The molecule has 2 aromatic carbocycles. The first-order valence-corrected chi connectivity index (χ1v) is 12.9. The third kappa shape index (κ3) is 6.20. The van der Waals surface area contributed by atoms with Gasteiger partial charge in [0.2, 0.25) is 5.91 Å². The number of nitrogens with one attached hydrogen (secondary N) is 1. The number of rotatable bonds is 6. The van der Waals surface area contributed by atoms with Gasteiger partial charge in [-0.1, -0.05) is 67.1 Å². The molecule has 5 nitrogen and oxygen atoms in total. The largest absolute Gasteiger partial charge is 0.418 e. The summed E-state index contributed by atoms with van der Waals surface area (Å²) < 4.78 is 42.3. The van der Waals surface area contributed by atoms with Gasteiger partial charge in [-0.25, -0.2) is 4.98 Å². The fourth-order valence-electron chi connectivity index (χ4n) is 4.45. The molecule has 3 aromatic rings. The van der Waals surface area contributed by atoms with Crippen LogP contribution in [0.25, 0.3) is 0 Å². The predicted molar refractivity (Wildman–Crippen MR) is 136 cm³/mol. The zero-order valence-corrected chi connectivity index (χ0v) is 20.7. The first-order chi connectivity index (χ1) is 17.8. The second-order valence-electron chi connectivity index (χ2n) is 8.69. The summed E-state index contributed by atoms with van der Waals surface area (Å²) in [5.41, 5.74) is 0.0429. The predicted octanol–water partition coefficient (Wildman–Crippen LogP) is 6.59. The van der Waals surface area contributed by atoms with Gasteiger partial charge in [0.25, 0.3) is 0 Å². The third-order valence-electron chi connectivity index (χ3n) is 6.16. The Morgan fingerprint density at radius 1 is 0.973 bits per heavy atom. The van der Waals surface area contributed by atoms with Crippen molar-refractivity contribution in [2.75, 3.05) is 11.1 Å². The number of anilines is 1. The molecule has 4 rings (SSSR count). The van der Waals surface area contributed by atoms with E-state index in [-0.39, 0.29) is 28.5 Å². The minimum absolute atomic E-state index is 0.0991. The lowest BCUT2D eigenvalue weighted by Gasteiger charge is -2.21. The second-order valence-corrected chi connectivity index (χ2v) is 9.66. The molecule has 0 saturated heterocycles. The van der Waals surface area contributed by atoms with Gasteiger partial charge >= 0.3 is 6.18 Å². The van der Waals surface area contributed by atoms with E-state index in [9.17, 15) is 28.0 Å². The normalized spacial score (nSPS) is 13.6. The number of aromatic nitrogens is 1. The standard InChI is InChI=1S/C28H24F3N3O2S/c29-28(30,31)25-19-12-6-1-2-7-14-22(19)34-27(21(25)16-32)37-17-24(35)33-23-15-9-8-13-20(23)26(36)18-10-4-3-5-11-18/h3-5,8-11,13,15H,1-2,6-7,12,14,17H2,(H,33,35). The summed E-state index contributed by atoms with van der Waals surface area (Å²) in [6.07, 6.45) is -0.995. The fraction of sp³-hybridized carbons (Fsp3) is 0.286. The molecule has 1 amide bonds. The number of carbonyl (C=O) groups is 2. The number of para-hydroxylation sites is 1. The number of amides is 1. The molecular formula is C28H24F3N3O2S. The molecule has 0 aliphatic heterocycles. The van der Waals surface area contributed by atoms with Gasteiger partial charge in [-0.2, -0.15) is 18.4 Å². The van der Waals surface area contributed by atoms with Gasteiger partial charge in [0.1, 0.15) is 11.1 Å². The monoisotopic (exact) mass is 523 g/mol. The van der Waals surface area contributed by atoms with Crippen LogP contribution in [0.1, 0.15) is 64.0 Å². The number of fused-ring (bicyclic) bond motifs is 1. The molecule has 0 bridgehead atoms. The quantitative estimate of drug-likeness (QED) is 0.291. The van der Waals surface area contributed by atoms with Crippen molar-refractivity contribution in [2.24, 2.45) is 0 Å². The number of carbonyl (C=O) groups excluding carboxylic acids is 2. The van der Waals surface area contributed by atoms with Crippen LogP contribution < -0.4 is 5.32 Å².